The highest BCUT2D eigenvalue weighted by molar-refractivity contribution is 6.33. The molecule has 1 aromatic rings. The number of hydrogen-bond donors (Lipinski definition) is 3. The first kappa shape index (κ1) is 15.5. The van der Waals surface area contributed by atoms with Crippen LogP contribution >= 0.6 is 11.6 Å². The summed E-state index contributed by atoms with van der Waals surface area (Å²) in [5.74, 6) is -1.29. The van der Waals surface area contributed by atoms with Crippen molar-refractivity contribution in [1.82, 2.24) is 5.32 Å². The molecule has 0 aliphatic heterocycles. The number of carbonyl (C=O) groups excluding carboxylic acids is 1. The zero-order chi connectivity index (χ0) is 14.4. The Balaban J connectivity index is 2.60. The van der Waals surface area contributed by atoms with Gasteiger partial charge in [0, 0.05) is 11.7 Å². The number of nitrogens with one attached hydrogen (secondary N) is 2. The fraction of sp³-hybridized carbons (Fsp3) is 0.385. The molecule has 0 aromatic heterocycles. The molecule has 0 saturated carbocycles. The molecule has 1 unspecified atom stereocenters. The van der Waals surface area contributed by atoms with Crippen molar-refractivity contribution in [3.8, 4) is 0 Å². The molecule has 0 aliphatic carbocycles. The van der Waals surface area contributed by atoms with E-state index in [1.54, 1.807) is 0 Å². The Morgan fingerprint density at radius 1 is 1.42 bits per heavy atom. The highest BCUT2D eigenvalue weighted by Crippen LogP contribution is 2.20. The fourth-order valence-corrected chi connectivity index (χ4v) is 1.64. The van der Waals surface area contributed by atoms with Crippen LogP contribution in [0.1, 0.15) is 30.6 Å². The van der Waals surface area contributed by atoms with Gasteiger partial charge in [0.15, 0.2) is 0 Å². The van der Waals surface area contributed by atoms with Crippen molar-refractivity contribution in [2.45, 2.75) is 26.3 Å². The van der Waals surface area contributed by atoms with Gasteiger partial charge in [-0.2, -0.15) is 0 Å². The summed E-state index contributed by atoms with van der Waals surface area (Å²) in [4.78, 5) is 22.4. The number of carbonyl (C=O) groups is 2. The minimum atomic E-state index is -1.10. The van der Waals surface area contributed by atoms with Crippen molar-refractivity contribution in [3.05, 3.63) is 28.8 Å². The predicted molar refractivity (Wildman–Crippen MR) is 74.8 cm³/mol. The van der Waals surface area contributed by atoms with Crippen LogP contribution in [0.4, 0.5) is 5.69 Å². The zero-order valence-corrected chi connectivity index (χ0v) is 11.6. The summed E-state index contributed by atoms with van der Waals surface area (Å²) in [6.45, 7) is 4.22. The van der Waals surface area contributed by atoms with E-state index < -0.39 is 5.97 Å². The second-order valence-corrected chi connectivity index (χ2v) is 4.65. The number of carboxylic acid groups (broad SMARTS) is 1. The largest absolute Gasteiger partial charge is 0.478 e. The maximum absolute atomic E-state index is 11.6. The third kappa shape index (κ3) is 4.89. The molecule has 0 aliphatic rings. The lowest BCUT2D eigenvalue weighted by Gasteiger charge is -2.11. The Morgan fingerprint density at radius 3 is 2.63 bits per heavy atom. The summed E-state index contributed by atoms with van der Waals surface area (Å²) in [5.41, 5.74) is 0.489. The van der Waals surface area contributed by atoms with Crippen LogP contribution in [0.25, 0.3) is 0 Å². The number of hydrogen-bond acceptors (Lipinski definition) is 3. The molecule has 19 heavy (non-hydrogen) atoms. The average molecular weight is 285 g/mol. The Morgan fingerprint density at radius 2 is 2.11 bits per heavy atom. The number of carboxylic acids is 1. The molecule has 0 radical (unpaired) electrons. The van der Waals surface area contributed by atoms with Gasteiger partial charge in [-0.15, -0.1) is 0 Å². The van der Waals surface area contributed by atoms with Gasteiger partial charge in [0.25, 0.3) is 0 Å². The first-order chi connectivity index (χ1) is 8.93. The van der Waals surface area contributed by atoms with Crippen molar-refractivity contribution in [2.24, 2.45) is 0 Å². The van der Waals surface area contributed by atoms with Crippen LogP contribution in [-0.2, 0) is 4.79 Å². The van der Waals surface area contributed by atoms with E-state index in [1.807, 2.05) is 13.8 Å². The summed E-state index contributed by atoms with van der Waals surface area (Å²) in [5, 5.41) is 14.6. The van der Waals surface area contributed by atoms with Crippen LogP contribution in [0.5, 0.6) is 0 Å². The molecule has 1 amide bonds. The summed E-state index contributed by atoms with van der Waals surface area (Å²) >= 11 is 5.81. The molecule has 0 bridgehead atoms. The maximum Gasteiger partial charge on any atom is 0.337 e. The molecular formula is C13H17ClN2O3. The normalized spacial score (nSPS) is 11.9. The van der Waals surface area contributed by atoms with Crippen molar-refractivity contribution in [1.29, 1.82) is 0 Å². The molecule has 6 heteroatoms. The number of benzene rings is 1. The van der Waals surface area contributed by atoms with E-state index in [-0.39, 0.29) is 29.1 Å². The van der Waals surface area contributed by atoms with Crippen molar-refractivity contribution in [3.63, 3.8) is 0 Å². The quantitative estimate of drug-likeness (QED) is 0.749. The number of amides is 1. The van der Waals surface area contributed by atoms with Crippen LogP contribution in [0, 0.1) is 0 Å². The van der Waals surface area contributed by atoms with Gasteiger partial charge in [0.1, 0.15) is 0 Å². The molecule has 104 valence electrons. The van der Waals surface area contributed by atoms with Gasteiger partial charge in [-0.05, 0) is 31.5 Å². The third-order valence-corrected chi connectivity index (χ3v) is 3.02. The van der Waals surface area contributed by atoms with Gasteiger partial charge < -0.3 is 15.7 Å². The Hall–Kier alpha value is -1.59. The monoisotopic (exact) mass is 284 g/mol. The second kappa shape index (κ2) is 7.11. The Kier molecular flexibility index (Phi) is 5.79. The van der Waals surface area contributed by atoms with Crippen LogP contribution in [0.15, 0.2) is 18.2 Å². The molecule has 0 heterocycles. The highest BCUT2D eigenvalue weighted by Gasteiger charge is 2.10. The van der Waals surface area contributed by atoms with E-state index in [4.69, 9.17) is 16.7 Å². The van der Waals surface area contributed by atoms with Crippen LogP contribution in [0.3, 0.4) is 0 Å². The smallest absolute Gasteiger partial charge is 0.337 e. The lowest BCUT2D eigenvalue weighted by Crippen LogP contribution is -2.33. The van der Waals surface area contributed by atoms with Crippen LogP contribution < -0.4 is 10.6 Å². The number of aromatic carboxylic acids is 1. The number of halogens is 1. The number of rotatable bonds is 6. The fourth-order valence-electron chi connectivity index (χ4n) is 1.38. The predicted octanol–water partition coefficient (Wildman–Crippen LogP) is 2.36. The second-order valence-electron chi connectivity index (χ2n) is 4.24. The molecule has 0 saturated heterocycles. The van der Waals surface area contributed by atoms with Gasteiger partial charge in [-0.1, -0.05) is 18.5 Å². The van der Waals surface area contributed by atoms with Crippen molar-refractivity contribution < 1.29 is 14.7 Å². The minimum absolute atomic E-state index is 0.0115. The van der Waals surface area contributed by atoms with E-state index in [1.165, 1.54) is 18.2 Å². The third-order valence-electron chi connectivity index (χ3n) is 2.71. The van der Waals surface area contributed by atoms with Gasteiger partial charge >= 0.3 is 5.97 Å². The summed E-state index contributed by atoms with van der Waals surface area (Å²) in [6.07, 6.45) is 0.937. The molecule has 0 fully saturated rings. The molecular weight excluding hydrogens is 268 g/mol. The first-order valence-corrected chi connectivity index (χ1v) is 6.38. The van der Waals surface area contributed by atoms with Gasteiger partial charge in [-0.3, -0.25) is 4.79 Å². The molecule has 1 aromatic carbocycles. The molecule has 1 rings (SSSR count). The van der Waals surface area contributed by atoms with Gasteiger partial charge in [-0.25, -0.2) is 4.79 Å². The molecule has 1 atom stereocenters. The Labute approximate surface area is 117 Å². The first-order valence-electron chi connectivity index (χ1n) is 6.00. The SMILES string of the molecule is CCC(C)NCC(=O)Nc1ccc(C(=O)O)c(Cl)c1. The zero-order valence-electron chi connectivity index (χ0n) is 10.9. The lowest BCUT2D eigenvalue weighted by molar-refractivity contribution is -0.115. The van der Waals surface area contributed by atoms with E-state index in [9.17, 15) is 9.59 Å². The molecule has 0 spiro atoms. The van der Waals surface area contributed by atoms with E-state index in [0.717, 1.165) is 6.42 Å². The van der Waals surface area contributed by atoms with Gasteiger partial charge in [0.05, 0.1) is 17.1 Å². The maximum atomic E-state index is 11.6. The van der Waals surface area contributed by atoms with Crippen LogP contribution in [0.2, 0.25) is 5.02 Å². The lowest BCUT2D eigenvalue weighted by atomic mass is 10.2. The molecule has 5 nitrogen and oxygen atoms in total. The standard InChI is InChI=1S/C13H17ClN2O3/c1-3-8(2)15-7-12(17)16-9-4-5-10(13(18)19)11(14)6-9/h4-6,8,15H,3,7H2,1-2H3,(H,16,17)(H,18,19). The van der Waals surface area contributed by atoms with Crippen molar-refractivity contribution >= 4 is 29.2 Å². The van der Waals surface area contributed by atoms with Gasteiger partial charge in [0.2, 0.25) is 5.91 Å². The minimum Gasteiger partial charge on any atom is -0.478 e. The number of anilines is 1. The average Bonchev–Trinajstić information content (AvgIpc) is 2.35. The molecule has 3 N–H and O–H groups in total. The topological polar surface area (TPSA) is 78.4 Å². The van der Waals surface area contributed by atoms with Crippen molar-refractivity contribution in [2.75, 3.05) is 11.9 Å². The van der Waals surface area contributed by atoms with E-state index in [0.29, 0.717) is 5.69 Å². The summed E-state index contributed by atoms with van der Waals surface area (Å²) < 4.78 is 0. The van der Waals surface area contributed by atoms with Crippen LogP contribution in [-0.4, -0.2) is 29.6 Å². The Bertz CT molecular complexity index is 477. The summed E-state index contributed by atoms with van der Waals surface area (Å²) in [6, 6.07) is 4.56. The summed E-state index contributed by atoms with van der Waals surface area (Å²) in [7, 11) is 0. The van der Waals surface area contributed by atoms with E-state index >= 15 is 0 Å². The van der Waals surface area contributed by atoms with E-state index in [2.05, 4.69) is 10.6 Å². The highest BCUT2D eigenvalue weighted by atomic mass is 35.5.